The van der Waals surface area contributed by atoms with E-state index in [2.05, 4.69) is 15.5 Å². The number of nitrogens with one attached hydrogen (secondary N) is 1. The number of halogens is 1. The highest BCUT2D eigenvalue weighted by molar-refractivity contribution is 6.31. The minimum atomic E-state index is -0.511. The maximum Gasteiger partial charge on any atom is 0.332 e. The van der Waals surface area contributed by atoms with Crippen LogP contribution in [0.4, 0.5) is 11.6 Å². The van der Waals surface area contributed by atoms with Gasteiger partial charge in [-0.05, 0) is 18.6 Å². The van der Waals surface area contributed by atoms with Crippen LogP contribution in [0.3, 0.4) is 0 Å². The average Bonchev–Trinajstić information content (AvgIpc) is 3.19. The van der Waals surface area contributed by atoms with Gasteiger partial charge in [-0.3, -0.25) is 28.6 Å². The van der Waals surface area contributed by atoms with Crippen LogP contribution in [0.15, 0.2) is 63.2 Å². The molecule has 0 aliphatic carbocycles. The molecule has 0 aliphatic rings. The highest BCUT2D eigenvalue weighted by atomic mass is 35.5. The van der Waals surface area contributed by atoms with Gasteiger partial charge in [-0.15, -0.1) is 0 Å². The molecule has 34 heavy (non-hydrogen) atoms. The summed E-state index contributed by atoms with van der Waals surface area (Å²) in [6.45, 7) is 1.87. The molecule has 0 atom stereocenters. The first-order valence-corrected chi connectivity index (χ1v) is 10.5. The molecule has 11 nitrogen and oxygen atoms in total. The number of aryl methyl sites for hydroxylation is 1. The van der Waals surface area contributed by atoms with Crippen molar-refractivity contribution >= 4 is 40.1 Å². The van der Waals surface area contributed by atoms with Gasteiger partial charge in [0, 0.05) is 36.8 Å². The van der Waals surface area contributed by atoms with Crippen LogP contribution in [-0.2, 0) is 20.6 Å². The van der Waals surface area contributed by atoms with Crippen molar-refractivity contribution in [1.29, 1.82) is 0 Å². The van der Waals surface area contributed by atoms with E-state index in [-0.39, 0.29) is 29.3 Å². The number of hydrogen-bond donors (Lipinski definition) is 1. The Labute approximate surface area is 197 Å². The van der Waals surface area contributed by atoms with Crippen LogP contribution in [0, 0.1) is 10.1 Å². The molecule has 12 heteroatoms. The van der Waals surface area contributed by atoms with Gasteiger partial charge in [0.25, 0.3) is 11.2 Å². The zero-order chi connectivity index (χ0) is 24.6. The molecule has 2 heterocycles. The Morgan fingerprint density at radius 1 is 1.15 bits per heavy atom. The Morgan fingerprint density at radius 3 is 2.59 bits per heavy atom. The molecule has 0 spiro atoms. The van der Waals surface area contributed by atoms with Crippen LogP contribution in [0.5, 0.6) is 0 Å². The lowest BCUT2D eigenvalue weighted by atomic mass is 10.1. The Morgan fingerprint density at radius 2 is 1.88 bits per heavy atom. The standard InChI is InChI=1S/C22H20ClN7O4/c1-13(14-8-6-9-16(11-14)30(33)34)25-26-21-24-19-18(20(31)28(3)22(32)27(19)2)29(21)12-15-7-4-5-10-17(15)23/h4-11H,12H2,1-3H3,(H,24,26). The molecule has 2 aromatic carbocycles. The quantitative estimate of drug-likeness (QED) is 0.256. The number of nitro benzene ring substituents is 1. The predicted molar refractivity (Wildman–Crippen MR) is 130 cm³/mol. The van der Waals surface area contributed by atoms with Gasteiger partial charge in [0.05, 0.1) is 17.2 Å². The maximum atomic E-state index is 13.0. The lowest BCUT2D eigenvalue weighted by molar-refractivity contribution is -0.384. The molecule has 0 saturated carbocycles. The third-order valence-corrected chi connectivity index (χ3v) is 5.80. The highest BCUT2D eigenvalue weighted by Crippen LogP contribution is 2.22. The minimum absolute atomic E-state index is 0.0588. The molecule has 2 aromatic heterocycles. The van der Waals surface area contributed by atoms with E-state index >= 15 is 0 Å². The molecule has 1 N–H and O–H groups in total. The second kappa shape index (κ2) is 8.94. The molecule has 0 radical (unpaired) electrons. The van der Waals surface area contributed by atoms with Gasteiger partial charge in [-0.25, -0.2) is 10.2 Å². The monoisotopic (exact) mass is 481 g/mol. The Balaban J connectivity index is 1.85. The first-order chi connectivity index (χ1) is 16.2. The lowest BCUT2D eigenvalue weighted by Gasteiger charge is -2.11. The average molecular weight is 482 g/mol. The Bertz CT molecular complexity index is 1580. The maximum absolute atomic E-state index is 13.0. The number of anilines is 1. The molecule has 0 bridgehead atoms. The summed E-state index contributed by atoms with van der Waals surface area (Å²) in [5.74, 6) is 0.206. The lowest BCUT2D eigenvalue weighted by Crippen LogP contribution is -2.37. The summed E-state index contributed by atoms with van der Waals surface area (Å²) in [6.07, 6.45) is 0. The number of hydrogen-bond acceptors (Lipinski definition) is 7. The van der Waals surface area contributed by atoms with Crippen molar-refractivity contribution in [2.45, 2.75) is 13.5 Å². The summed E-state index contributed by atoms with van der Waals surface area (Å²) in [6, 6.07) is 13.2. The van der Waals surface area contributed by atoms with Gasteiger partial charge in [-0.1, -0.05) is 41.9 Å². The normalized spacial score (nSPS) is 11.7. The van der Waals surface area contributed by atoms with Crippen LogP contribution < -0.4 is 16.7 Å². The number of nitrogens with zero attached hydrogens (tertiary/aromatic N) is 6. The zero-order valence-electron chi connectivity index (χ0n) is 18.5. The summed E-state index contributed by atoms with van der Waals surface area (Å²) < 4.78 is 3.89. The van der Waals surface area contributed by atoms with Crippen molar-refractivity contribution in [1.82, 2.24) is 18.7 Å². The second-order valence-electron chi connectivity index (χ2n) is 7.61. The molecule has 0 unspecified atom stereocenters. The van der Waals surface area contributed by atoms with Gasteiger partial charge >= 0.3 is 5.69 Å². The van der Waals surface area contributed by atoms with Crippen LogP contribution >= 0.6 is 11.6 Å². The summed E-state index contributed by atoms with van der Waals surface area (Å²) in [5.41, 5.74) is 3.89. The molecule has 4 aromatic rings. The van der Waals surface area contributed by atoms with Gasteiger partial charge in [0.15, 0.2) is 11.2 Å². The first kappa shape index (κ1) is 22.9. The molecule has 0 amide bonds. The third-order valence-electron chi connectivity index (χ3n) is 5.43. The van der Waals surface area contributed by atoms with E-state index in [0.29, 0.717) is 16.3 Å². The molecule has 4 rings (SSSR count). The Hall–Kier alpha value is -4.25. The van der Waals surface area contributed by atoms with Crippen LogP contribution in [0.2, 0.25) is 5.02 Å². The summed E-state index contributed by atoms with van der Waals surface area (Å²) in [7, 11) is 2.92. The minimum Gasteiger partial charge on any atom is -0.298 e. The van der Waals surface area contributed by atoms with Crippen LogP contribution in [-0.4, -0.2) is 29.3 Å². The van der Waals surface area contributed by atoms with Gasteiger partial charge in [-0.2, -0.15) is 10.1 Å². The molecule has 0 saturated heterocycles. The van der Waals surface area contributed by atoms with Crippen LogP contribution in [0.1, 0.15) is 18.1 Å². The number of rotatable bonds is 6. The van der Waals surface area contributed by atoms with Gasteiger partial charge in [0.1, 0.15) is 0 Å². The van der Waals surface area contributed by atoms with E-state index in [1.807, 2.05) is 12.1 Å². The summed E-state index contributed by atoms with van der Waals surface area (Å²) in [4.78, 5) is 40.5. The van der Waals surface area contributed by atoms with Gasteiger partial charge in [0.2, 0.25) is 5.95 Å². The van der Waals surface area contributed by atoms with E-state index in [1.165, 1.54) is 30.8 Å². The van der Waals surface area contributed by atoms with Crippen molar-refractivity contribution < 1.29 is 4.92 Å². The van der Waals surface area contributed by atoms with Crippen molar-refractivity contribution in [2.24, 2.45) is 19.2 Å². The van der Waals surface area contributed by atoms with Gasteiger partial charge < -0.3 is 0 Å². The molecular weight excluding hydrogens is 462 g/mol. The van der Waals surface area contributed by atoms with E-state index < -0.39 is 16.2 Å². The van der Waals surface area contributed by atoms with Crippen molar-refractivity contribution in [3.8, 4) is 0 Å². The number of imidazole rings is 1. The number of benzene rings is 2. The third kappa shape index (κ3) is 4.08. The fourth-order valence-electron chi connectivity index (χ4n) is 3.53. The van der Waals surface area contributed by atoms with E-state index in [9.17, 15) is 19.7 Å². The fourth-order valence-corrected chi connectivity index (χ4v) is 3.72. The zero-order valence-corrected chi connectivity index (χ0v) is 19.3. The van der Waals surface area contributed by atoms with Crippen molar-refractivity contribution in [3.63, 3.8) is 0 Å². The second-order valence-corrected chi connectivity index (χ2v) is 8.01. The van der Waals surface area contributed by atoms with E-state index in [1.54, 1.807) is 35.8 Å². The SMILES string of the molecule is CC(=NNc1nc2c(c(=O)n(C)c(=O)n2C)n1Cc1ccccc1Cl)c1cccc([N+](=O)[O-])c1. The fraction of sp³-hybridized carbons (Fsp3) is 0.182. The Kier molecular flexibility index (Phi) is 6.03. The topological polar surface area (TPSA) is 129 Å². The smallest absolute Gasteiger partial charge is 0.298 e. The summed E-state index contributed by atoms with van der Waals surface area (Å²) >= 11 is 6.34. The van der Waals surface area contributed by atoms with E-state index in [4.69, 9.17) is 11.6 Å². The summed E-state index contributed by atoms with van der Waals surface area (Å²) in [5, 5.41) is 15.9. The molecule has 174 valence electrons. The number of aromatic nitrogens is 4. The number of fused-ring (bicyclic) bond motifs is 1. The van der Waals surface area contributed by atoms with Crippen molar-refractivity contribution in [3.05, 3.63) is 95.6 Å². The predicted octanol–water partition coefficient (Wildman–Crippen LogP) is 2.88. The van der Waals surface area contributed by atoms with Crippen molar-refractivity contribution in [2.75, 3.05) is 5.43 Å². The molecular formula is C22H20ClN7O4. The first-order valence-electron chi connectivity index (χ1n) is 10.1. The number of non-ortho nitro benzene ring substituents is 1. The number of nitro groups is 1. The van der Waals surface area contributed by atoms with Crippen LogP contribution in [0.25, 0.3) is 11.2 Å². The highest BCUT2D eigenvalue weighted by Gasteiger charge is 2.20. The van der Waals surface area contributed by atoms with E-state index in [0.717, 1.165) is 10.1 Å². The number of hydrazone groups is 1. The molecule has 0 aliphatic heterocycles. The molecule has 0 fully saturated rings. The largest absolute Gasteiger partial charge is 0.332 e.